The van der Waals surface area contributed by atoms with Crippen molar-refractivity contribution in [1.82, 2.24) is 4.57 Å². The van der Waals surface area contributed by atoms with E-state index < -0.39 is 0 Å². The Kier molecular flexibility index (Phi) is 5.39. The molecule has 0 spiro atoms. The van der Waals surface area contributed by atoms with Crippen LogP contribution in [-0.2, 0) is 13.2 Å². The number of aliphatic hydroxyl groups excluding tert-OH is 1. The van der Waals surface area contributed by atoms with Crippen molar-refractivity contribution in [3.05, 3.63) is 61.4 Å². The summed E-state index contributed by atoms with van der Waals surface area (Å²) in [6.07, 6.45) is 1.73. The number of aliphatic hydroxyl groups is 1. The molecule has 2 rings (SSSR count). The van der Waals surface area contributed by atoms with Gasteiger partial charge in [-0.3, -0.25) is 4.79 Å². The largest absolute Gasteiger partial charge is 0.489 e. The summed E-state index contributed by atoms with van der Waals surface area (Å²) < 4.78 is 8.80. The van der Waals surface area contributed by atoms with Gasteiger partial charge in [0.05, 0.1) is 22.1 Å². The highest BCUT2D eigenvalue weighted by molar-refractivity contribution is 9.11. The Morgan fingerprint density at radius 2 is 1.90 bits per heavy atom. The van der Waals surface area contributed by atoms with E-state index in [1.54, 1.807) is 29.0 Å². The zero-order chi connectivity index (χ0) is 14.5. The van der Waals surface area contributed by atoms with E-state index in [4.69, 9.17) is 9.84 Å². The maximum absolute atomic E-state index is 11.5. The van der Waals surface area contributed by atoms with Gasteiger partial charge in [0.2, 0.25) is 0 Å². The number of pyridine rings is 1. The number of halogens is 2. The molecule has 0 amide bonds. The summed E-state index contributed by atoms with van der Waals surface area (Å²) in [6.45, 7) is 0.816. The van der Waals surface area contributed by atoms with Crippen molar-refractivity contribution in [3.8, 4) is 5.75 Å². The smallest absolute Gasteiger partial charge is 0.250 e. The van der Waals surface area contributed by atoms with Gasteiger partial charge in [0.25, 0.3) is 5.56 Å². The van der Waals surface area contributed by atoms with E-state index in [-0.39, 0.29) is 12.2 Å². The average molecular weight is 403 g/mol. The second-order valence-corrected chi connectivity index (χ2v) is 5.84. The van der Waals surface area contributed by atoms with Crippen LogP contribution in [-0.4, -0.2) is 16.3 Å². The standard InChI is InChI=1S/C14H13Br2NO3/c15-11-7-10(9-18)8-12(16)14(11)20-6-5-17-4-2-1-3-13(17)19/h1-4,7-8,18H,5-6,9H2. The first kappa shape index (κ1) is 15.3. The molecule has 1 aromatic carbocycles. The fourth-order valence-electron chi connectivity index (χ4n) is 1.73. The first-order valence-electron chi connectivity index (χ1n) is 5.99. The van der Waals surface area contributed by atoms with Crippen molar-refractivity contribution in [3.63, 3.8) is 0 Å². The Morgan fingerprint density at radius 1 is 1.20 bits per heavy atom. The lowest BCUT2D eigenvalue weighted by Crippen LogP contribution is -2.21. The highest BCUT2D eigenvalue weighted by Gasteiger charge is 2.08. The number of rotatable bonds is 5. The second-order valence-electron chi connectivity index (χ2n) is 4.13. The summed E-state index contributed by atoms with van der Waals surface area (Å²) in [4.78, 5) is 11.5. The van der Waals surface area contributed by atoms with Gasteiger partial charge in [-0.1, -0.05) is 6.07 Å². The number of hydrogen-bond acceptors (Lipinski definition) is 3. The van der Waals surface area contributed by atoms with Crippen LogP contribution < -0.4 is 10.3 Å². The van der Waals surface area contributed by atoms with Crippen molar-refractivity contribution in [2.75, 3.05) is 6.61 Å². The summed E-state index contributed by atoms with van der Waals surface area (Å²) in [5.41, 5.74) is 0.736. The van der Waals surface area contributed by atoms with Gasteiger partial charge in [0.15, 0.2) is 0 Å². The minimum atomic E-state index is -0.0511. The third kappa shape index (κ3) is 3.71. The minimum absolute atomic E-state index is 0.0309. The molecule has 0 saturated heterocycles. The van der Waals surface area contributed by atoms with Gasteiger partial charge in [-0.05, 0) is 55.6 Å². The fraction of sp³-hybridized carbons (Fsp3) is 0.214. The van der Waals surface area contributed by atoms with Crippen LogP contribution in [0.15, 0.2) is 50.3 Å². The SMILES string of the molecule is O=c1ccccn1CCOc1c(Br)cc(CO)cc1Br. The highest BCUT2D eigenvalue weighted by Crippen LogP contribution is 2.34. The summed E-state index contributed by atoms with van der Waals surface area (Å²) >= 11 is 6.81. The first-order chi connectivity index (χ1) is 9.61. The Hall–Kier alpha value is -1.11. The molecule has 20 heavy (non-hydrogen) atoms. The monoisotopic (exact) mass is 401 g/mol. The Balaban J connectivity index is 2.05. The molecule has 2 aromatic rings. The van der Waals surface area contributed by atoms with E-state index >= 15 is 0 Å². The van der Waals surface area contributed by atoms with Gasteiger partial charge >= 0.3 is 0 Å². The summed E-state index contributed by atoms with van der Waals surface area (Å²) in [7, 11) is 0. The van der Waals surface area contributed by atoms with E-state index in [0.29, 0.717) is 18.9 Å². The molecule has 4 nitrogen and oxygen atoms in total. The molecule has 1 aromatic heterocycles. The molecule has 0 aliphatic carbocycles. The molecule has 0 aliphatic rings. The van der Waals surface area contributed by atoms with Gasteiger partial charge in [-0.25, -0.2) is 0 Å². The van der Waals surface area contributed by atoms with Crippen molar-refractivity contribution >= 4 is 31.9 Å². The predicted octanol–water partition coefficient (Wildman–Crippen LogP) is 2.94. The van der Waals surface area contributed by atoms with E-state index in [0.717, 1.165) is 14.5 Å². The molecule has 0 unspecified atom stereocenters. The fourth-order valence-corrected chi connectivity index (χ4v) is 3.24. The average Bonchev–Trinajstić information content (AvgIpc) is 2.43. The number of benzene rings is 1. The van der Waals surface area contributed by atoms with Crippen LogP contribution in [0.3, 0.4) is 0 Å². The minimum Gasteiger partial charge on any atom is -0.489 e. The quantitative estimate of drug-likeness (QED) is 0.836. The van der Waals surface area contributed by atoms with Gasteiger partial charge in [-0.2, -0.15) is 0 Å². The van der Waals surface area contributed by atoms with Crippen molar-refractivity contribution < 1.29 is 9.84 Å². The molecular formula is C14H13Br2NO3. The Bertz CT molecular complexity index is 632. The molecule has 106 valence electrons. The van der Waals surface area contributed by atoms with Gasteiger partial charge in [0, 0.05) is 12.3 Å². The second kappa shape index (κ2) is 7.06. The van der Waals surface area contributed by atoms with E-state index in [2.05, 4.69) is 31.9 Å². The Morgan fingerprint density at radius 3 is 2.50 bits per heavy atom. The summed E-state index contributed by atoms with van der Waals surface area (Å²) in [5.74, 6) is 0.659. The molecule has 0 radical (unpaired) electrons. The van der Waals surface area contributed by atoms with E-state index in [9.17, 15) is 4.79 Å². The van der Waals surface area contributed by atoms with Crippen molar-refractivity contribution in [2.45, 2.75) is 13.2 Å². The molecule has 1 N–H and O–H groups in total. The van der Waals surface area contributed by atoms with Gasteiger partial charge in [0.1, 0.15) is 12.4 Å². The first-order valence-corrected chi connectivity index (χ1v) is 7.57. The molecule has 0 bridgehead atoms. The number of hydrogen-bond donors (Lipinski definition) is 1. The molecule has 6 heteroatoms. The Labute approximate surface area is 133 Å². The lowest BCUT2D eigenvalue weighted by Gasteiger charge is -2.12. The molecular weight excluding hydrogens is 390 g/mol. The lowest BCUT2D eigenvalue weighted by molar-refractivity contribution is 0.279. The maximum Gasteiger partial charge on any atom is 0.250 e. The van der Waals surface area contributed by atoms with Crippen LogP contribution >= 0.6 is 31.9 Å². The summed E-state index contributed by atoms with van der Waals surface area (Å²) in [6, 6.07) is 8.63. The van der Waals surface area contributed by atoms with E-state index in [1.807, 2.05) is 6.07 Å². The number of ether oxygens (including phenoxy) is 1. The molecule has 1 heterocycles. The maximum atomic E-state index is 11.5. The van der Waals surface area contributed by atoms with Crippen LogP contribution in [0.1, 0.15) is 5.56 Å². The van der Waals surface area contributed by atoms with Crippen LogP contribution in [0, 0.1) is 0 Å². The number of aromatic nitrogens is 1. The number of nitrogens with zero attached hydrogens (tertiary/aromatic N) is 1. The molecule has 0 saturated carbocycles. The topological polar surface area (TPSA) is 51.5 Å². The third-order valence-corrected chi connectivity index (χ3v) is 3.90. The van der Waals surface area contributed by atoms with Gasteiger partial charge in [-0.15, -0.1) is 0 Å². The van der Waals surface area contributed by atoms with Crippen LogP contribution in [0.2, 0.25) is 0 Å². The highest BCUT2D eigenvalue weighted by atomic mass is 79.9. The normalized spacial score (nSPS) is 10.6. The van der Waals surface area contributed by atoms with Crippen LogP contribution in [0.25, 0.3) is 0 Å². The van der Waals surface area contributed by atoms with Crippen LogP contribution in [0.5, 0.6) is 5.75 Å². The zero-order valence-corrected chi connectivity index (χ0v) is 13.7. The summed E-state index contributed by atoms with van der Waals surface area (Å²) in [5, 5.41) is 9.11. The molecule has 0 atom stereocenters. The third-order valence-electron chi connectivity index (χ3n) is 2.72. The van der Waals surface area contributed by atoms with Gasteiger partial charge < -0.3 is 14.4 Å². The molecule has 0 aliphatic heterocycles. The van der Waals surface area contributed by atoms with Crippen molar-refractivity contribution in [2.24, 2.45) is 0 Å². The van der Waals surface area contributed by atoms with Crippen LogP contribution in [0.4, 0.5) is 0 Å². The van der Waals surface area contributed by atoms with Crippen molar-refractivity contribution in [1.29, 1.82) is 0 Å². The lowest BCUT2D eigenvalue weighted by atomic mass is 10.2. The predicted molar refractivity (Wildman–Crippen MR) is 84.0 cm³/mol. The zero-order valence-electron chi connectivity index (χ0n) is 10.6. The molecule has 0 fully saturated rings. The van der Waals surface area contributed by atoms with E-state index in [1.165, 1.54) is 6.07 Å².